The number of aromatic hydroxyl groups is 1. The number of nitrogens with one attached hydrogen (secondary N) is 2. The Hall–Kier alpha value is -6.17. The number of fused-ring (bicyclic) bond motifs is 2. The molecule has 0 bridgehead atoms. The van der Waals surface area contributed by atoms with Crippen molar-refractivity contribution in [2.24, 2.45) is 0 Å². The largest absolute Gasteiger partial charge is 0.508 e. The van der Waals surface area contributed by atoms with Crippen molar-refractivity contribution in [3.8, 4) is 11.5 Å². The van der Waals surface area contributed by atoms with Gasteiger partial charge in [0.2, 0.25) is 11.8 Å². The molecular formula is C42H44N4O11P2. The molecular weight excluding hydrogens is 798 g/mol. The Labute approximate surface area is 341 Å². The molecule has 308 valence electrons. The van der Waals surface area contributed by atoms with Crippen LogP contribution in [0.5, 0.6) is 11.5 Å². The summed E-state index contributed by atoms with van der Waals surface area (Å²) in [4.78, 5) is 64.6. The first-order valence-electron chi connectivity index (χ1n) is 18.3. The highest BCUT2D eigenvalue weighted by atomic mass is 31.1. The maximum absolute atomic E-state index is 13.0. The zero-order valence-corrected chi connectivity index (χ0v) is 35.7. The summed E-state index contributed by atoms with van der Waals surface area (Å²) in [5, 5.41) is 12.0. The topological polar surface area (TPSA) is 214 Å². The minimum absolute atomic E-state index is 0.0550. The molecule has 0 radical (unpaired) electrons. The maximum Gasteiger partial charge on any atom is 0.341 e. The molecule has 2 aliphatic heterocycles. The van der Waals surface area contributed by atoms with Gasteiger partial charge in [0.05, 0.1) is 22.2 Å². The van der Waals surface area contributed by atoms with Gasteiger partial charge in [-0.3, -0.25) is 33.8 Å². The average Bonchev–Trinajstić information content (AvgIpc) is 3.48. The van der Waals surface area contributed by atoms with Gasteiger partial charge in [-0.05, 0) is 139 Å². The zero-order valence-electron chi connectivity index (χ0n) is 33.9. The highest BCUT2D eigenvalue weighted by Gasteiger charge is 2.52. The summed E-state index contributed by atoms with van der Waals surface area (Å²) in [6.07, 6.45) is 0. The second-order valence-corrected chi connectivity index (χ2v) is 19.3. The second-order valence-electron chi connectivity index (χ2n) is 16.1. The average molecular weight is 843 g/mol. The van der Waals surface area contributed by atoms with Crippen LogP contribution in [0.15, 0.2) is 84.9 Å². The summed E-state index contributed by atoms with van der Waals surface area (Å²) in [5.74, 6) is -1.50. The standard InChI is InChI=1S/C22H23N2O6P.C20H21N2O5P/c1-13(25)30-16-9-6-14(7-10-16)19(26)23-15-8-11-17-18(12-15)24(20(27)21(17,2)3)22(4,5)31(28)29;1-19(2)15-10-7-13(21-17(24)12-5-8-14(23)9-6-12)11-16(15)22(18(19)25)20(3,4)28(26)27/h6-12H,1-5H3,(H,23,26);5-11,23H,1-4H3,(H,21,24). The van der Waals surface area contributed by atoms with Gasteiger partial charge >= 0.3 is 21.3 Å². The molecule has 0 saturated heterocycles. The molecule has 2 aliphatic rings. The predicted molar refractivity (Wildman–Crippen MR) is 220 cm³/mol. The van der Waals surface area contributed by atoms with Gasteiger partial charge < -0.3 is 20.5 Å². The lowest BCUT2D eigenvalue weighted by Crippen LogP contribution is -2.46. The van der Waals surface area contributed by atoms with Crippen LogP contribution >= 0.6 is 15.4 Å². The molecule has 4 aromatic carbocycles. The molecule has 0 aromatic heterocycles. The first-order valence-corrected chi connectivity index (χ1v) is 20.6. The van der Waals surface area contributed by atoms with Crippen molar-refractivity contribution in [3.05, 3.63) is 107 Å². The molecule has 0 saturated carbocycles. The number of phenolic OH excluding ortho intramolecular Hbond substituents is 1. The van der Waals surface area contributed by atoms with Crippen molar-refractivity contribution in [2.75, 3.05) is 20.4 Å². The van der Waals surface area contributed by atoms with Crippen LogP contribution in [0.1, 0.15) is 94.2 Å². The molecule has 4 amide bonds. The first kappa shape index (κ1) is 43.9. The van der Waals surface area contributed by atoms with E-state index in [0.29, 0.717) is 50.8 Å². The number of carbonyl (C=O) groups excluding carboxylic acids is 5. The highest BCUT2D eigenvalue weighted by Crippen LogP contribution is 2.51. The lowest BCUT2D eigenvalue weighted by atomic mass is 9.86. The SMILES string of the molecule is CC(=O)Oc1ccc(C(=O)Nc2ccc3c(c2)N(C(C)(C)P(=O)=O)C(=O)C3(C)C)cc1.CC1(C)C(=O)N(C(C)(C)P(=O)=O)c2cc(NC(=O)c3ccc(O)cc3)ccc21. The van der Waals surface area contributed by atoms with Crippen LogP contribution in [-0.4, -0.2) is 45.3 Å². The Morgan fingerprint density at radius 2 is 0.966 bits per heavy atom. The van der Waals surface area contributed by atoms with Crippen molar-refractivity contribution in [1.29, 1.82) is 0 Å². The number of nitrogens with zero attached hydrogens (tertiary/aromatic N) is 2. The minimum Gasteiger partial charge on any atom is -0.508 e. The van der Waals surface area contributed by atoms with Crippen LogP contribution in [0, 0.1) is 0 Å². The summed E-state index contributed by atoms with van der Waals surface area (Å²) in [7, 11) is -5.86. The number of benzene rings is 4. The first-order chi connectivity index (χ1) is 27.3. The van der Waals surface area contributed by atoms with Crippen molar-refractivity contribution >= 4 is 67.7 Å². The number of hydrogen-bond acceptors (Lipinski definition) is 11. The van der Waals surface area contributed by atoms with E-state index in [2.05, 4.69) is 10.6 Å². The van der Waals surface area contributed by atoms with E-state index < -0.39 is 48.6 Å². The summed E-state index contributed by atoms with van der Waals surface area (Å²) >= 11 is 0. The Morgan fingerprint density at radius 1 is 0.610 bits per heavy atom. The third kappa shape index (κ3) is 8.39. The second kappa shape index (κ2) is 15.9. The van der Waals surface area contributed by atoms with Gasteiger partial charge in [0.15, 0.2) is 10.6 Å². The van der Waals surface area contributed by atoms with Crippen molar-refractivity contribution in [2.45, 2.75) is 83.7 Å². The molecule has 59 heavy (non-hydrogen) atoms. The summed E-state index contributed by atoms with van der Waals surface area (Å²) < 4.78 is 52.3. The van der Waals surface area contributed by atoms with Crippen LogP contribution in [-0.2, 0) is 43.5 Å². The number of phenols is 1. The van der Waals surface area contributed by atoms with E-state index in [4.69, 9.17) is 4.74 Å². The van der Waals surface area contributed by atoms with E-state index in [0.717, 1.165) is 0 Å². The van der Waals surface area contributed by atoms with Crippen LogP contribution in [0.2, 0.25) is 0 Å². The number of anilines is 4. The van der Waals surface area contributed by atoms with Gasteiger partial charge in [-0.25, -0.2) is 18.3 Å². The van der Waals surface area contributed by atoms with Gasteiger partial charge in [0.25, 0.3) is 11.8 Å². The zero-order chi connectivity index (χ0) is 44.0. The molecule has 6 rings (SSSR count). The number of ether oxygens (including phenoxy) is 1. The molecule has 17 heteroatoms. The van der Waals surface area contributed by atoms with Gasteiger partial charge in [0.1, 0.15) is 11.5 Å². The van der Waals surface area contributed by atoms with Crippen LogP contribution in [0.3, 0.4) is 0 Å². The Balaban J connectivity index is 0.000000225. The summed E-state index contributed by atoms with van der Waals surface area (Å²) in [6.45, 7) is 14.2. The summed E-state index contributed by atoms with van der Waals surface area (Å²) in [5.41, 5.74) is 2.07. The molecule has 0 aliphatic carbocycles. The Kier molecular flexibility index (Phi) is 11.8. The Bertz CT molecular complexity index is 2520. The molecule has 15 nitrogen and oxygen atoms in total. The van der Waals surface area contributed by atoms with Crippen molar-refractivity contribution in [1.82, 2.24) is 0 Å². The normalized spacial score (nSPS) is 15.0. The third-order valence-corrected chi connectivity index (χ3v) is 12.5. The molecule has 0 atom stereocenters. The Morgan fingerprint density at radius 3 is 1.31 bits per heavy atom. The predicted octanol–water partition coefficient (Wildman–Crippen LogP) is 8.58. The number of rotatable bonds is 9. The molecule has 3 N–H and O–H groups in total. The van der Waals surface area contributed by atoms with E-state index in [1.54, 1.807) is 64.1 Å². The molecule has 0 unspecified atom stereocenters. The quantitative estimate of drug-likeness (QED) is 0.0824. The fraction of sp³-hybridized carbons (Fsp3) is 0.310. The van der Waals surface area contributed by atoms with Gasteiger partial charge in [-0.15, -0.1) is 0 Å². The number of amides is 4. The molecule has 0 fully saturated rings. The molecule has 0 spiro atoms. The lowest BCUT2D eigenvalue weighted by Gasteiger charge is -2.30. The number of esters is 1. The van der Waals surface area contributed by atoms with Crippen molar-refractivity contribution in [3.63, 3.8) is 0 Å². The highest BCUT2D eigenvalue weighted by molar-refractivity contribution is 7.33. The molecule has 2 heterocycles. The maximum atomic E-state index is 13.0. The van der Waals surface area contributed by atoms with Gasteiger partial charge in [-0.1, -0.05) is 12.1 Å². The summed E-state index contributed by atoms with van der Waals surface area (Å²) in [6, 6.07) is 21.9. The van der Waals surface area contributed by atoms with Crippen LogP contribution in [0.25, 0.3) is 0 Å². The van der Waals surface area contributed by atoms with Gasteiger partial charge in [0, 0.05) is 29.4 Å². The van der Waals surface area contributed by atoms with E-state index in [-0.39, 0.29) is 23.5 Å². The lowest BCUT2D eigenvalue weighted by molar-refractivity contribution is -0.132. The monoisotopic (exact) mass is 842 g/mol. The van der Waals surface area contributed by atoms with E-state index in [1.807, 2.05) is 0 Å². The fourth-order valence-electron chi connectivity index (χ4n) is 6.76. The van der Waals surface area contributed by atoms with Crippen LogP contribution < -0.4 is 25.2 Å². The van der Waals surface area contributed by atoms with Crippen LogP contribution in [0.4, 0.5) is 22.7 Å². The van der Waals surface area contributed by atoms with Gasteiger partial charge in [-0.2, -0.15) is 0 Å². The number of hydrogen-bond donors (Lipinski definition) is 3. The fourth-order valence-corrected chi connectivity index (χ4v) is 7.49. The van der Waals surface area contributed by atoms with E-state index in [1.165, 1.54) is 92.9 Å². The third-order valence-electron chi connectivity index (χ3n) is 10.3. The van der Waals surface area contributed by atoms with Crippen molar-refractivity contribution < 1.29 is 52.1 Å². The smallest absolute Gasteiger partial charge is 0.341 e. The minimum atomic E-state index is -2.94. The van der Waals surface area contributed by atoms with E-state index in [9.17, 15) is 47.3 Å². The number of carbonyl (C=O) groups is 5. The van der Waals surface area contributed by atoms with E-state index >= 15 is 0 Å². The molecule has 4 aromatic rings.